The zero-order valence-corrected chi connectivity index (χ0v) is 55.9. The first-order chi connectivity index (χ1) is 48.3. The lowest BCUT2D eigenvalue weighted by Gasteiger charge is -2.29. The van der Waals surface area contributed by atoms with Crippen molar-refractivity contribution in [3.05, 3.63) is 174 Å². The molecule has 0 saturated carbocycles. The van der Waals surface area contributed by atoms with E-state index in [4.69, 9.17) is 5.73 Å². The molecule has 6 aromatic rings. The first kappa shape index (κ1) is 79.2. The second-order valence-electron chi connectivity index (χ2n) is 24.6. The third-order valence-corrected chi connectivity index (χ3v) is 15.9. The van der Waals surface area contributed by atoms with Gasteiger partial charge in [0.1, 0.15) is 47.8 Å². The SMILES string of the molecule is C[C@@H](O)[C@H](NC(=O)CNC(=O)[C@H](CCC(=O)O)NC(=O)C(C)(C)NC(=O)[C@@H](N)Cc1c[nH]cn1)C(=O)N[C@@H](Cc1ccccc1)C(=O)N[C@](C)(F)C(=O)N[C@@H](CO)C(=O)N[C@@H](CC(=O)O)C(=O)N[C@@H](Cc1ccc(-c2ccccc2)cc1)C(=O)N[C@@H](Cc1ccc(-c2ccccc2)cc1)C(=O)O. The molecule has 10 atom stereocenters. The normalized spacial score (nSPS) is 14.4. The van der Waals surface area contributed by atoms with Gasteiger partial charge in [-0.1, -0.05) is 140 Å². The zero-order valence-electron chi connectivity index (χ0n) is 55.9. The van der Waals surface area contributed by atoms with Crippen LogP contribution in [-0.2, 0) is 88.0 Å². The number of aromatic nitrogens is 2. The van der Waals surface area contributed by atoms with Gasteiger partial charge in [0.2, 0.25) is 53.2 Å². The third kappa shape index (κ3) is 24.6. The van der Waals surface area contributed by atoms with Crippen LogP contribution in [0.5, 0.6) is 0 Å². The first-order valence-corrected chi connectivity index (χ1v) is 32.1. The van der Waals surface area contributed by atoms with Gasteiger partial charge in [-0.3, -0.25) is 57.5 Å². The van der Waals surface area contributed by atoms with Crippen LogP contribution in [0.4, 0.5) is 4.39 Å². The number of aliphatic carboxylic acids is 3. The fourth-order valence-electron chi connectivity index (χ4n) is 10.2. The van der Waals surface area contributed by atoms with E-state index in [1.165, 1.54) is 38.5 Å². The van der Waals surface area contributed by atoms with Gasteiger partial charge in [0, 0.05) is 38.3 Å². The van der Waals surface area contributed by atoms with Gasteiger partial charge < -0.3 is 89.4 Å². The molecule has 0 unspecified atom stereocenters. The maximum absolute atomic E-state index is 16.7. The van der Waals surface area contributed by atoms with Crippen LogP contribution in [0.3, 0.4) is 0 Å². The van der Waals surface area contributed by atoms with Crippen LogP contribution in [0.25, 0.3) is 22.3 Å². The molecule has 102 heavy (non-hydrogen) atoms. The number of carboxylic acids is 3. The number of aromatic amines is 1. The number of carbonyl (C=O) groups excluding carboxylic acids is 10. The maximum Gasteiger partial charge on any atom is 0.326 e. The monoisotopic (exact) mass is 1410 g/mol. The number of rotatable bonds is 38. The van der Waals surface area contributed by atoms with Crippen LogP contribution in [0.2, 0.25) is 0 Å². The second kappa shape index (κ2) is 37.4. The number of carboxylic acid groups (broad SMARTS) is 3. The minimum Gasteiger partial charge on any atom is -0.481 e. The molecule has 32 heteroatoms. The van der Waals surface area contributed by atoms with Gasteiger partial charge in [-0.15, -0.1) is 0 Å². The number of aliphatic hydroxyl groups excluding tert-OH is 2. The molecule has 0 fully saturated rings. The quantitative estimate of drug-likeness (QED) is 0.0214. The molecule has 0 aliphatic carbocycles. The molecule has 0 aliphatic rings. The van der Waals surface area contributed by atoms with Crippen LogP contribution < -0.4 is 58.9 Å². The van der Waals surface area contributed by atoms with Crippen molar-refractivity contribution in [2.45, 2.75) is 138 Å². The minimum absolute atomic E-state index is 0.00689. The fraction of sp³-hybridized carbons (Fsp3) is 0.343. The standard InChI is InChI=1S/C70H82FN13O18/c1-39(86)58(82-55(87)36-74-60(93)49(28-29-56(88)89)80-67(101)69(2,3)83-59(92)48(72)33-47-35-73-38-75-47)65(98)78-51(30-40-14-8-5-9-15-40)64(97)84-70(4,71)68(102)81-54(37-85)63(96)77-52(34-57(90)91)62(95)76-50(31-41-20-24-45(25-21-41)43-16-10-6-11-17-43)61(94)79-53(66(99)100)32-42-22-26-46(27-23-42)44-18-12-7-13-19-44/h5-27,35,38-39,48-54,58,85-86H,28-34,36-37,72H2,1-4H3,(H,73,75)(H,74,93)(H,76,95)(H,77,96)(H,78,98)(H,79,94)(H,80,101)(H,81,102)(H,82,87)(H,83,92)(H,84,97)(H,88,89)(H,90,91)(H,99,100)/t39-,48+,49+,50+,51+,52+,53+,54+,58+,70+/m1/s1. The Labute approximate surface area is 584 Å². The summed E-state index contributed by atoms with van der Waals surface area (Å²) < 4.78 is 16.7. The number of nitrogens with two attached hydrogens (primary N) is 1. The number of hydrogen-bond acceptors (Lipinski definition) is 17. The van der Waals surface area contributed by atoms with Crippen molar-refractivity contribution in [2.75, 3.05) is 13.2 Å². The number of aliphatic hydroxyl groups is 2. The highest BCUT2D eigenvalue weighted by molar-refractivity contribution is 6.00. The predicted molar refractivity (Wildman–Crippen MR) is 364 cm³/mol. The number of alkyl halides is 1. The van der Waals surface area contributed by atoms with Crippen molar-refractivity contribution in [1.29, 1.82) is 0 Å². The number of amides is 10. The van der Waals surface area contributed by atoms with Gasteiger partial charge in [-0.25, -0.2) is 14.2 Å². The molecule has 10 amide bonds. The summed E-state index contributed by atoms with van der Waals surface area (Å²) in [6.07, 6.45) is -2.22. The number of carbonyl (C=O) groups is 13. The summed E-state index contributed by atoms with van der Waals surface area (Å²) in [6, 6.07) is 25.8. The van der Waals surface area contributed by atoms with Crippen LogP contribution in [0.15, 0.2) is 152 Å². The van der Waals surface area contributed by atoms with Crippen LogP contribution >= 0.6 is 0 Å². The van der Waals surface area contributed by atoms with E-state index < -0.39 is 182 Å². The van der Waals surface area contributed by atoms with E-state index in [1.54, 1.807) is 72.0 Å². The Morgan fingerprint density at radius 3 is 1.46 bits per heavy atom. The van der Waals surface area contributed by atoms with Gasteiger partial charge in [-0.2, -0.15) is 0 Å². The number of H-pyrrole nitrogens is 1. The Kier molecular flexibility index (Phi) is 29.1. The molecule has 0 radical (unpaired) electrons. The smallest absolute Gasteiger partial charge is 0.326 e. The molecule has 5 aromatic carbocycles. The molecule has 1 heterocycles. The van der Waals surface area contributed by atoms with Crippen molar-refractivity contribution in [2.24, 2.45) is 5.73 Å². The zero-order chi connectivity index (χ0) is 74.8. The van der Waals surface area contributed by atoms with Gasteiger partial charge in [-0.05, 0) is 73.1 Å². The van der Waals surface area contributed by atoms with Crippen LogP contribution in [0.1, 0.15) is 69.3 Å². The lowest BCUT2D eigenvalue weighted by molar-refractivity contribution is -0.144. The van der Waals surface area contributed by atoms with E-state index in [9.17, 15) is 87.9 Å². The number of hydrogen-bond donors (Lipinski definition) is 17. The minimum atomic E-state index is -3.54. The molecule has 542 valence electrons. The highest BCUT2D eigenvalue weighted by atomic mass is 19.1. The average molecular weight is 1410 g/mol. The van der Waals surface area contributed by atoms with Crippen molar-refractivity contribution < 1.29 is 92.3 Å². The Morgan fingerprint density at radius 2 is 0.961 bits per heavy atom. The summed E-state index contributed by atoms with van der Waals surface area (Å²) in [4.78, 5) is 180. The van der Waals surface area contributed by atoms with E-state index in [0.29, 0.717) is 29.3 Å². The summed E-state index contributed by atoms with van der Waals surface area (Å²) in [5.41, 5.74) is 9.37. The van der Waals surface area contributed by atoms with Crippen LogP contribution in [-0.4, -0.2) is 191 Å². The molecular formula is C70H82FN13O18. The number of imidazole rings is 1. The lowest BCUT2D eigenvalue weighted by Crippen LogP contribution is -2.64. The van der Waals surface area contributed by atoms with Gasteiger partial charge in [0.15, 0.2) is 0 Å². The Morgan fingerprint density at radius 1 is 0.500 bits per heavy atom. The molecule has 18 N–H and O–H groups in total. The first-order valence-electron chi connectivity index (χ1n) is 32.1. The number of nitrogens with zero attached hydrogens (tertiary/aromatic N) is 1. The molecule has 0 aliphatic heterocycles. The molecule has 6 rings (SSSR count). The molecule has 0 bridgehead atoms. The number of halogens is 1. The molecular weight excluding hydrogens is 1330 g/mol. The number of benzene rings is 5. The number of nitrogens with one attached hydrogen (secondary N) is 11. The highest BCUT2D eigenvalue weighted by Gasteiger charge is 2.42. The topological polar surface area (TPSA) is 498 Å². The largest absolute Gasteiger partial charge is 0.481 e. The summed E-state index contributed by atoms with van der Waals surface area (Å²) in [7, 11) is 0. The predicted octanol–water partition coefficient (Wildman–Crippen LogP) is -0.655. The maximum atomic E-state index is 16.7. The van der Waals surface area contributed by atoms with E-state index in [2.05, 4.69) is 52.5 Å². The van der Waals surface area contributed by atoms with Gasteiger partial charge >= 0.3 is 17.9 Å². The van der Waals surface area contributed by atoms with Crippen molar-refractivity contribution >= 4 is 77.0 Å². The highest BCUT2D eigenvalue weighted by Crippen LogP contribution is 2.22. The Hall–Kier alpha value is -11.8. The molecule has 1 aromatic heterocycles. The summed E-state index contributed by atoms with van der Waals surface area (Å²) in [5, 5.41) is 72.9. The second-order valence-corrected chi connectivity index (χ2v) is 24.6. The summed E-state index contributed by atoms with van der Waals surface area (Å²) >= 11 is 0. The van der Waals surface area contributed by atoms with Crippen molar-refractivity contribution in [1.82, 2.24) is 63.1 Å². The van der Waals surface area contributed by atoms with E-state index in [-0.39, 0.29) is 19.3 Å². The fourth-order valence-corrected chi connectivity index (χ4v) is 10.2. The summed E-state index contributed by atoms with van der Waals surface area (Å²) in [5.74, 6) is -20.4. The van der Waals surface area contributed by atoms with E-state index in [1.807, 2.05) is 66.0 Å². The Balaban J connectivity index is 1.11. The lowest BCUT2D eigenvalue weighted by atomic mass is 9.98. The Bertz CT molecular complexity index is 3910. The molecule has 31 nitrogen and oxygen atoms in total. The van der Waals surface area contributed by atoms with Crippen molar-refractivity contribution in [3.8, 4) is 22.3 Å². The molecule has 0 spiro atoms. The summed E-state index contributed by atoms with van der Waals surface area (Å²) in [6.45, 7) is 1.83. The third-order valence-electron chi connectivity index (χ3n) is 15.9. The van der Waals surface area contributed by atoms with Crippen LogP contribution in [0, 0.1) is 0 Å². The van der Waals surface area contributed by atoms with Crippen molar-refractivity contribution in [3.63, 3.8) is 0 Å². The van der Waals surface area contributed by atoms with E-state index in [0.717, 1.165) is 29.2 Å². The van der Waals surface area contributed by atoms with Gasteiger partial charge in [0.25, 0.3) is 11.7 Å². The average Bonchev–Trinajstić information content (AvgIpc) is 0.972. The van der Waals surface area contributed by atoms with E-state index >= 15 is 4.39 Å². The molecule has 0 saturated heterocycles. The van der Waals surface area contributed by atoms with Gasteiger partial charge in [0.05, 0.1) is 43.7 Å².